The second-order valence-electron chi connectivity index (χ2n) is 4.83. The van der Waals surface area contributed by atoms with Gasteiger partial charge >= 0.3 is 0 Å². The van der Waals surface area contributed by atoms with Gasteiger partial charge in [0.25, 0.3) is 0 Å². The van der Waals surface area contributed by atoms with Crippen LogP contribution in [0.4, 0.5) is 0 Å². The fraction of sp³-hybridized carbons (Fsp3) is 0.533. The Morgan fingerprint density at radius 2 is 2.00 bits per heavy atom. The van der Waals surface area contributed by atoms with Crippen molar-refractivity contribution >= 4 is 26.8 Å². The third kappa shape index (κ3) is 2.61. The summed E-state index contributed by atoms with van der Waals surface area (Å²) in [6.45, 7) is 7.56. The van der Waals surface area contributed by atoms with Crippen LogP contribution in [-0.4, -0.2) is 14.6 Å². The molecule has 0 aliphatic heterocycles. The van der Waals surface area contributed by atoms with Crippen molar-refractivity contribution in [2.24, 2.45) is 5.92 Å². The number of aromatic nitrogens is 2. The van der Waals surface area contributed by atoms with Crippen molar-refractivity contribution in [2.75, 3.05) is 0 Å². The maximum absolute atomic E-state index is 4.77. The third-order valence-corrected chi connectivity index (χ3v) is 4.41. The van der Waals surface area contributed by atoms with E-state index in [4.69, 9.17) is 5.10 Å². The predicted octanol–water partition coefficient (Wildman–Crippen LogP) is 4.41. The van der Waals surface area contributed by atoms with E-state index in [2.05, 4.69) is 65.6 Å². The van der Waals surface area contributed by atoms with Gasteiger partial charge < -0.3 is 0 Å². The molecule has 0 fully saturated rings. The molecule has 1 aromatic heterocycles. The lowest BCUT2D eigenvalue weighted by Gasteiger charge is -2.16. The van der Waals surface area contributed by atoms with E-state index in [1.807, 2.05) is 0 Å². The highest BCUT2D eigenvalue weighted by molar-refractivity contribution is 9.09. The second kappa shape index (κ2) is 5.87. The summed E-state index contributed by atoms with van der Waals surface area (Å²) in [6.07, 6.45) is 2.23. The molecule has 0 saturated heterocycles. The summed E-state index contributed by atoms with van der Waals surface area (Å²) in [5.41, 5.74) is 2.50. The molecule has 0 N–H and O–H groups in total. The highest BCUT2D eigenvalue weighted by atomic mass is 79.9. The number of rotatable bonds is 5. The van der Waals surface area contributed by atoms with Crippen LogP contribution in [0.25, 0.3) is 10.9 Å². The highest BCUT2D eigenvalue weighted by Gasteiger charge is 2.17. The number of nitrogens with zero attached hydrogens (tertiary/aromatic N) is 2. The van der Waals surface area contributed by atoms with Crippen LogP contribution in [0.3, 0.4) is 0 Å². The molecular weight excluding hydrogens is 288 g/mol. The fourth-order valence-corrected chi connectivity index (χ4v) is 3.03. The number of benzene rings is 1. The summed E-state index contributed by atoms with van der Waals surface area (Å²) in [6, 6.07) is 8.54. The Hall–Kier alpha value is -0.830. The molecule has 1 heterocycles. The number of fused-ring (bicyclic) bond motifs is 1. The third-order valence-electron chi connectivity index (χ3n) is 3.66. The quantitative estimate of drug-likeness (QED) is 0.748. The zero-order chi connectivity index (χ0) is 13.1. The van der Waals surface area contributed by atoms with Crippen LogP contribution in [0.5, 0.6) is 0 Å². The number of hydrogen-bond acceptors (Lipinski definition) is 1. The summed E-state index contributed by atoms with van der Waals surface area (Å²) in [5.74, 6) is 0.647. The maximum atomic E-state index is 4.77. The number of hydrogen-bond donors (Lipinski definition) is 0. The molecule has 0 aliphatic carbocycles. The van der Waals surface area contributed by atoms with Gasteiger partial charge in [-0.2, -0.15) is 5.10 Å². The van der Waals surface area contributed by atoms with Gasteiger partial charge in [-0.1, -0.05) is 54.4 Å². The lowest BCUT2D eigenvalue weighted by atomic mass is 9.96. The number of halogens is 1. The highest BCUT2D eigenvalue weighted by Crippen LogP contribution is 2.25. The molecule has 0 amide bonds. The molecule has 0 saturated carbocycles. The van der Waals surface area contributed by atoms with Crippen LogP contribution in [0.15, 0.2) is 24.3 Å². The Kier molecular flexibility index (Phi) is 4.44. The van der Waals surface area contributed by atoms with Crippen LogP contribution >= 0.6 is 15.9 Å². The molecule has 0 aliphatic rings. The van der Waals surface area contributed by atoms with Crippen molar-refractivity contribution in [1.29, 1.82) is 0 Å². The number of para-hydroxylation sites is 1. The van der Waals surface area contributed by atoms with Crippen LogP contribution in [0.2, 0.25) is 0 Å². The fourth-order valence-electron chi connectivity index (χ4n) is 2.47. The van der Waals surface area contributed by atoms with Gasteiger partial charge in [0, 0.05) is 16.8 Å². The van der Waals surface area contributed by atoms with Crippen LogP contribution < -0.4 is 0 Å². The smallest absolute Gasteiger partial charge is 0.0706 e. The van der Waals surface area contributed by atoms with E-state index >= 15 is 0 Å². The van der Waals surface area contributed by atoms with Gasteiger partial charge in [0.15, 0.2) is 0 Å². The van der Waals surface area contributed by atoms with E-state index in [0.717, 1.165) is 13.0 Å². The van der Waals surface area contributed by atoms with E-state index in [1.165, 1.54) is 23.0 Å². The molecule has 0 spiro atoms. The maximum Gasteiger partial charge on any atom is 0.0706 e. The predicted molar refractivity (Wildman–Crippen MR) is 81.3 cm³/mol. The average Bonchev–Trinajstić information content (AvgIpc) is 2.74. The topological polar surface area (TPSA) is 17.8 Å². The van der Waals surface area contributed by atoms with Crippen molar-refractivity contribution in [3.63, 3.8) is 0 Å². The molecule has 0 bridgehead atoms. The van der Waals surface area contributed by atoms with Gasteiger partial charge in [0.1, 0.15) is 0 Å². The van der Waals surface area contributed by atoms with Gasteiger partial charge in [-0.3, -0.25) is 4.68 Å². The molecule has 2 atom stereocenters. The van der Waals surface area contributed by atoms with Crippen molar-refractivity contribution in [1.82, 2.24) is 9.78 Å². The Morgan fingerprint density at radius 1 is 1.28 bits per heavy atom. The van der Waals surface area contributed by atoms with Crippen molar-refractivity contribution < 1.29 is 0 Å². The van der Waals surface area contributed by atoms with Crippen LogP contribution in [-0.2, 0) is 13.0 Å². The minimum Gasteiger partial charge on any atom is -0.265 e. The van der Waals surface area contributed by atoms with Crippen LogP contribution in [0, 0.1) is 5.92 Å². The molecule has 3 heteroatoms. The van der Waals surface area contributed by atoms with Gasteiger partial charge in [-0.25, -0.2) is 0 Å². The Bertz CT molecular complexity index is 516. The lowest BCUT2D eigenvalue weighted by molar-refractivity contribution is 0.498. The summed E-state index contributed by atoms with van der Waals surface area (Å²) in [5, 5.41) is 6.08. The van der Waals surface area contributed by atoms with E-state index in [0.29, 0.717) is 10.7 Å². The van der Waals surface area contributed by atoms with Crippen LogP contribution in [0.1, 0.15) is 32.9 Å². The average molecular weight is 309 g/mol. The van der Waals surface area contributed by atoms with Gasteiger partial charge in [0.2, 0.25) is 0 Å². The first-order valence-corrected chi connectivity index (χ1v) is 7.67. The molecule has 1 aromatic carbocycles. The van der Waals surface area contributed by atoms with E-state index in [-0.39, 0.29) is 0 Å². The van der Waals surface area contributed by atoms with Gasteiger partial charge in [0.05, 0.1) is 11.2 Å². The Balaban J connectivity index is 2.39. The largest absolute Gasteiger partial charge is 0.265 e. The SMILES string of the molecule is CCC(Cc1nn(CC)c2ccccc12)C(C)Br. The summed E-state index contributed by atoms with van der Waals surface area (Å²) in [7, 11) is 0. The minimum absolute atomic E-state index is 0.535. The molecule has 98 valence electrons. The van der Waals surface area contributed by atoms with E-state index in [9.17, 15) is 0 Å². The van der Waals surface area contributed by atoms with E-state index < -0.39 is 0 Å². The normalized spacial score (nSPS) is 14.9. The second-order valence-corrected chi connectivity index (χ2v) is 6.27. The Labute approximate surface area is 118 Å². The number of aryl methyl sites for hydroxylation is 1. The van der Waals surface area contributed by atoms with Gasteiger partial charge in [-0.05, 0) is 25.3 Å². The Morgan fingerprint density at radius 3 is 2.61 bits per heavy atom. The first-order chi connectivity index (χ1) is 8.67. The van der Waals surface area contributed by atoms with Crippen molar-refractivity contribution in [3.05, 3.63) is 30.0 Å². The summed E-state index contributed by atoms with van der Waals surface area (Å²) in [4.78, 5) is 0.535. The molecule has 0 radical (unpaired) electrons. The molecule has 2 aromatic rings. The van der Waals surface area contributed by atoms with Crippen molar-refractivity contribution in [3.8, 4) is 0 Å². The summed E-state index contributed by atoms with van der Waals surface area (Å²) < 4.78 is 2.11. The molecule has 2 rings (SSSR count). The summed E-state index contributed by atoms with van der Waals surface area (Å²) >= 11 is 3.71. The van der Waals surface area contributed by atoms with Gasteiger partial charge in [-0.15, -0.1) is 0 Å². The molecule has 2 unspecified atom stereocenters. The molecular formula is C15H21BrN2. The molecule has 2 nitrogen and oxygen atoms in total. The minimum atomic E-state index is 0.535. The first kappa shape index (κ1) is 13.6. The monoisotopic (exact) mass is 308 g/mol. The first-order valence-electron chi connectivity index (χ1n) is 6.75. The standard InChI is InChI=1S/C15H21BrN2/c1-4-12(11(3)16)10-14-13-8-6-7-9-15(13)18(5-2)17-14/h6-9,11-12H,4-5,10H2,1-3H3. The molecule has 18 heavy (non-hydrogen) atoms. The number of alkyl halides is 1. The van der Waals surface area contributed by atoms with Crippen molar-refractivity contribution in [2.45, 2.75) is 45.0 Å². The zero-order valence-electron chi connectivity index (χ0n) is 11.4. The zero-order valence-corrected chi connectivity index (χ0v) is 12.9. The van der Waals surface area contributed by atoms with E-state index in [1.54, 1.807) is 0 Å². The lowest BCUT2D eigenvalue weighted by Crippen LogP contribution is -2.13.